The highest BCUT2D eigenvalue weighted by atomic mass is 35.5. The van der Waals surface area contributed by atoms with Gasteiger partial charge >= 0.3 is 16.1 Å². The fourth-order valence-electron chi connectivity index (χ4n) is 3.42. The molecule has 0 bridgehead atoms. The molecule has 0 aliphatic carbocycles. The van der Waals surface area contributed by atoms with Gasteiger partial charge in [0.1, 0.15) is 10.5 Å². The fourth-order valence-corrected chi connectivity index (χ4v) is 4.94. The van der Waals surface area contributed by atoms with Gasteiger partial charge in [-0.15, -0.1) is 0 Å². The summed E-state index contributed by atoms with van der Waals surface area (Å²) in [5.74, 6) is -2.16. The Bertz CT molecular complexity index is 1570. The summed E-state index contributed by atoms with van der Waals surface area (Å²) in [4.78, 5) is 38.7. The average molecular weight is 596 g/mol. The lowest BCUT2D eigenvalue weighted by Crippen LogP contribution is -2.54. The second kappa shape index (κ2) is 11.0. The molecule has 1 N–H and O–H groups in total. The maximum Gasteiger partial charge on any atom is 0.339 e. The molecular weight excluding hydrogens is 579 g/mol. The Morgan fingerprint density at radius 3 is 2.13 bits per heavy atom. The van der Waals surface area contributed by atoms with Crippen LogP contribution in [0.3, 0.4) is 0 Å². The fraction of sp³-hybridized carbons (Fsp3) is 0.0800. The van der Waals surface area contributed by atoms with Crippen molar-refractivity contribution >= 4 is 74.5 Å². The van der Waals surface area contributed by atoms with Crippen molar-refractivity contribution in [2.24, 2.45) is 0 Å². The van der Waals surface area contributed by atoms with E-state index in [1.165, 1.54) is 66.7 Å². The first-order valence-electron chi connectivity index (χ1n) is 10.8. The van der Waals surface area contributed by atoms with Gasteiger partial charge in [-0.05, 0) is 79.2 Å². The number of nitrogens with one attached hydrogen (secondary N) is 1. The zero-order chi connectivity index (χ0) is 27.6. The van der Waals surface area contributed by atoms with Gasteiger partial charge < -0.3 is 8.92 Å². The molecular formula is C25H17Cl3N2O7S. The van der Waals surface area contributed by atoms with Crippen LogP contribution in [-0.2, 0) is 19.7 Å². The predicted molar refractivity (Wildman–Crippen MR) is 142 cm³/mol. The number of benzene rings is 3. The highest BCUT2D eigenvalue weighted by Crippen LogP contribution is 2.39. The minimum Gasteiger partial charge on any atom is -0.490 e. The van der Waals surface area contributed by atoms with Crippen LogP contribution in [0.4, 0.5) is 10.5 Å². The Morgan fingerprint density at radius 2 is 1.53 bits per heavy atom. The normalized spacial score (nSPS) is 15.0. The quantitative estimate of drug-likeness (QED) is 0.218. The third kappa shape index (κ3) is 5.78. The van der Waals surface area contributed by atoms with E-state index >= 15 is 0 Å². The Morgan fingerprint density at radius 1 is 0.921 bits per heavy atom. The Hall–Kier alpha value is -3.57. The molecule has 3 aromatic rings. The zero-order valence-electron chi connectivity index (χ0n) is 19.4. The molecule has 0 spiro atoms. The molecule has 1 heterocycles. The highest BCUT2D eigenvalue weighted by Gasteiger charge is 2.37. The van der Waals surface area contributed by atoms with E-state index in [4.69, 9.17) is 43.7 Å². The Kier molecular flexibility index (Phi) is 7.98. The van der Waals surface area contributed by atoms with E-state index in [1.54, 1.807) is 6.92 Å². The summed E-state index contributed by atoms with van der Waals surface area (Å²) in [5.41, 5.74) is 0.0265. The molecule has 0 radical (unpaired) electrons. The molecule has 1 aliphatic heterocycles. The minimum absolute atomic E-state index is 0.0568. The van der Waals surface area contributed by atoms with E-state index in [0.29, 0.717) is 10.0 Å². The smallest absolute Gasteiger partial charge is 0.339 e. The third-order valence-electron chi connectivity index (χ3n) is 5.12. The molecule has 0 aromatic heterocycles. The predicted octanol–water partition coefficient (Wildman–Crippen LogP) is 5.48. The first-order valence-corrected chi connectivity index (χ1v) is 13.4. The van der Waals surface area contributed by atoms with Gasteiger partial charge in [0.2, 0.25) is 5.75 Å². The number of halogens is 3. The molecule has 4 rings (SSSR count). The van der Waals surface area contributed by atoms with Crippen molar-refractivity contribution in [3.8, 4) is 11.5 Å². The van der Waals surface area contributed by atoms with Gasteiger partial charge in [0, 0.05) is 10.0 Å². The van der Waals surface area contributed by atoms with Gasteiger partial charge in [-0.2, -0.15) is 8.42 Å². The first-order chi connectivity index (χ1) is 18.0. The number of barbiturate groups is 1. The number of urea groups is 1. The number of carbonyl (C=O) groups excluding carboxylic acids is 3. The van der Waals surface area contributed by atoms with E-state index in [0.717, 1.165) is 4.90 Å². The van der Waals surface area contributed by atoms with Gasteiger partial charge in [0.25, 0.3) is 11.8 Å². The summed E-state index contributed by atoms with van der Waals surface area (Å²) in [6, 6.07) is 12.9. The van der Waals surface area contributed by atoms with Crippen molar-refractivity contribution in [3.63, 3.8) is 0 Å². The van der Waals surface area contributed by atoms with Crippen LogP contribution in [0.5, 0.6) is 11.5 Å². The molecule has 1 fully saturated rings. The van der Waals surface area contributed by atoms with E-state index in [2.05, 4.69) is 5.32 Å². The molecule has 0 saturated carbocycles. The molecule has 0 atom stereocenters. The van der Waals surface area contributed by atoms with Gasteiger partial charge in [0.05, 0.1) is 17.3 Å². The van der Waals surface area contributed by atoms with Crippen molar-refractivity contribution in [2.75, 3.05) is 11.5 Å². The molecule has 0 unspecified atom stereocenters. The number of hydrogen-bond donors (Lipinski definition) is 1. The summed E-state index contributed by atoms with van der Waals surface area (Å²) >= 11 is 18.1. The standard InChI is InChI=1S/C25H17Cl3N2O7S/c1-2-36-21-13-14(12-20(28)22(21)37-38(34,35)18-9-5-16(27)6-10-18)11-19-23(31)29-25(33)30(24(19)32)17-7-3-15(26)4-8-17/h3-13H,2H2,1H3,(H,29,31,33)/b19-11+. The van der Waals surface area contributed by atoms with Gasteiger partial charge in [-0.1, -0.05) is 34.8 Å². The second-order valence-corrected chi connectivity index (χ2v) is 10.5. The first kappa shape index (κ1) is 27.5. The van der Waals surface area contributed by atoms with Crippen LogP contribution in [0.1, 0.15) is 12.5 Å². The number of anilines is 1. The zero-order valence-corrected chi connectivity index (χ0v) is 22.5. The molecule has 1 saturated heterocycles. The van der Waals surface area contributed by atoms with Crippen LogP contribution in [0.2, 0.25) is 15.1 Å². The van der Waals surface area contributed by atoms with Crippen molar-refractivity contribution < 1.29 is 31.7 Å². The minimum atomic E-state index is -4.31. The third-order valence-corrected chi connectivity index (χ3v) is 7.14. The molecule has 13 heteroatoms. The Balaban J connectivity index is 1.72. The number of rotatable bonds is 7. The molecule has 196 valence electrons. The lowest BCUT2D eigenvalue weighted by atomic mass is 10.1. The molecule has 9 nitrogen and oxygen atoms in total. The van der Waals surface area contributed by atoms with E-state index in [1.807, 2.05) is 0 Å². The van der Waals surface area contributed by atoms with Crippen LogP contribution in [0.25, 0.3) is 6.08 Å². The van der Waals surface area contributed by atoms with Crippen LogP contribution < -0.4 is 19.1 Å². The van der Waals surface area contributed by atoms with Crippen molar-refractivity contribution in [2.45, 2.75) is 11.8 Å². The number of ether oxygens (including phenoxy) is 1. The highest BCUT2D eigenvalue weighted by molar-refractivity contribution is 7.87. The summed E-state index contributed by atoms with van der Waals surface area (Å²) in [7, 11) is -4.31. The lowest BCUT2D eigenvalue weighted by molar-refractivity contribution is -0.122. The van der Waals surface area contributed by atoms with E-state index in [-0.39, 0.29) is 44.8 Å². The van der Waals surface area contributed by atoms with Gasteiger partial charge in [-0.25, -0.2) is 9.69 Å². The number of hydrogen-bond acceptors (Lipinski definition) is 7. The Labute approximate surface area is 232 Å². The maximum absolute atomic E-state index is 13.1. The van der Waals surface area contributed by atoms with Crippen LogP contribution in [-0.4, -0.2) is 32.9 Å². The van der Waals surface area contributed by atoms with Crippen LogP contribution >= 0.6 is 34.8 Å². The summed E-state index contributed by atoms with van der Waals surface area (Å²) in [6.07, 6.45) is 1.19. The maximum atomic E-state index is 13.1. The van der Waals surface area contributed by atoms with Gasteiger partial charge in [0.15, 0.2) is 5.75 Å². The molecule has 4 amide bonds. The van der Waals surface area contributed by atoms with E-state index < -0.39 is 28.0 Å². The number of carbonyl (C=O) groups is 3. The number of amides is 4. The molecule has 1 aliphatic rings. The monoisotopic (exact) mass is 594 g/mol. The van der Waals surface area contributed by atoms with E-state index in [9.17, 15) is 22.8 Å². The number of nitrogens with zero attached hydrogens (tertiary/aromatic N) is 1. The molecule has 3 aromatic carbocycles. The van der Waals surface area contributed by atoms with Crippen molar-refractivity contribution in [3.05, 3.63) is 86.9 Å². The molecule has 38 heavy (non-hydrogen) atoms. The van der Waals surface area contributed by atoms with Crippen molar-refractivity contribution in [1.29, 1.82) is 0 Å². The topological polar surface area (TPSA) is 119 Å². The SMILES string of the molecule is CCOc1cc(/C=C2\C(=O)NC(=O)N(c3ccc(Cl)cc3)C2=O)cc(Cl)c1OS(=O)(=O)c1ccc(Cl)cc1. The average Bonchev–Trinajstić information content (AvgIpc) is 2.85. The largest absolute Gasteiger partial charge is 0.490 e. The van der Waals surface area contributed by atoms with Crippen LogP contribution in [0, 0.1) is 0 Å². The van der Waals surface area contributed by atoms with Crippen molar-refractivity contribution in [1.82, 2.24) is 5.32 Å². The summed E-state index contributed by atoms with van der Waals surface area (Å²) in [6.45, 7) is 1.77. The number of imide groups is 2. The lowest BCUT2D eigenvalue weighted by Gasteiger charge is -2.26. The summed E-state index contributed by atoms with van der Waals surface area (Å²) in [5, 5.41) is 2.67. The second-order valence-electron chi connectivity index (χ2n) is 7.69. The summed E-state index contributed by atoms with van der Waals surface area (Å²) < 4.78 is 36.4. The van der Waals surface area contributed by atoms with Gasteiger partial charge in [-0.3, -0.25) is 14.9 Å². The van der Waals surface area contributed by atoms with Crippen LogP contribution in [0.15, 0.2) is 71.1 Å².